The molecule has 0 bridgehead atoms. The molecule has 1 heterocycles. The predicted molar refractivity (Wildman–Crippen MR) is 40.8 cm³/mol. The Bertz CT molecular complexity index is 144. The fourth-order valence-corrected chi connectivity index (χ4v) is 0.890. The largest absolute Gasteiger partial charge is 0.304 e. The molecule has 1 aromatic rings. The second kappa shape index (κ2) is 5.51. The van der Waals surface area contributed by atoms with Crippen LogP contribution < -0.4 is 0 Å². The van der Waals surface area contributed by atoms with Gasteiger partial charge in [-0.25, -0.2) is 0 Å². The van der Waals surface area contributed by atoms with Gasteiger partial charge in [-0.1, -0.05) is 6.07 Å². The molecule has 1 rings (SSSR count). The second-order valence-corrected chi connectivity index (χ2v) is 2.61. The van der Waals surface area contributed by atoms with Crippen LogP contribution in [0.3, 0.4) is 0 Å². The highest BCUT2D eigenvalue weighted by Crippen LogP contribution is 2.03. The van der Waals surface area contributed by atoms with Gasteiger partial charge in [0.1, 0.15) is 6.29 Å². The summed E-state index contributed by atoms with van der Waals surface area (Å²) in [7, 11) is 0. The number of carbonyl (C=O) groups is 1. The fourth-order valence-electron chi connectivity index (χ4n) is 0.361. The Kier molecular flexibility index (Phi) is 5.12. The molecule has 0 amide bonds. The zero-order valence-corrected chi connectivity index (χ0v) is 6.44. The lowest BCUT2D eigenvalue weighted by molar-refractivity contribution is -0.106. The van der Waals surface area contributed by atoms with E-state index in [1.54, 1.807) is 11.3 Å². The van der Waals surface area contributed by atoms with Gasteiger partial charge in [0.2, 0.25) is 0 Å². The first kappa shape index (κ1) is 8.37. The minimum absolute atomic E-state index is 0.750. The molecule has 0 aliphatic rings. The van der Waals surface area contributed by atoms with Crippen molar-refractivity contribution >= 4 is 17.6 Å². The maximum atomic E-state index is 8.81. The molecule has 0 fully saturated rings. The lowest BCUT2D eigenvalue weighted by Gasteiger charge is -1.65. The van der Waals surface area contributed by atoms with Crippen LogP contribution in [0.25, 0.3) is 0 Å². The summed E-state index contributed by atoms with van der Waals surface area (Å²) >= 11 is 1.78. The average molecular weight is 142 g/mol. The Morgan fingerprint density at radius 1 is 1.67 bits per heavy atom. The van der Waals surface area contributed by atoms with Crippen LogP contribution in [0.2, 0.25) is 0 Å². The first-order valence-corrected chi connectivity index (χ1v) is 3.59. The number of hydrogen-bond donors (Lipinski definition) is 0. The van der Waals surface area contributed by atoms with Crippen LogP contribution in [0, 0.1) is 6.92 Å². The summed E-state index contributed by atoms with van der Waals surface area (Å²) < 4.78 is 0. The number of aldehydes is 1. The van der Waals surface area contributed by atoms with Crippen LogP contribution in [0.5, 0.6) is 0 Å². The molecule has 2 heteroatoms. The van der Waals surface area contributed by atoms with Crippen molar-refractivity contribution in [3.63, 3.8) is 0 Å². The van der Waals surface area contributed by atoms with E-state index in [2.05, 4.69) is 24.4 Å². The molecule has 0 spiro atoms. The Morgan fingerprint density at radius 3 is 2.33 bits per heavy atom. The van der Waals surface area contributed by atoms with Crippen molar-refractivity contribution in [3.05, 3.63) is 22.4 Å². The molecule has 0 radical (unpaired) electrons. The molecule has 0 unspecified atom stereocenters. The minimum atomic E-state index is 0.750. The summed E-state index contributed by atoms with van der Waals surface area (Å²) in [5.41, 5.74) is 0. The normalized spacial score (nSPS) is 7.33. The summed E-state index contributed by atoms with van der Waals surface area (Å²) in [5.74, 6) is 0. The van der Waals surface area contributed by atoms with Gasteiger partial charge in [-0.15, -0.1) is 11.3 Å². The SMILES string of the molecule is CC=O.Cc1cccs1. The van der Waals surface area contributed by atoms with Gasteiger partial charge < -0.3 is 4.79 Å². The van der Waals surface area contributed by atoms with Gasteiger partial charge >= 0.3 is 0 Å². The molecule has 0 saturated heterocycles. The van der Waals surface area contributed by atoms with Gasteiger partial charge in [-0.3, -0.25) is 0 Å². The van der Waals surface area contributed by atoms with Crippen LogP contribution in [0.1, 0.15) is 11.8 Å². The van der Waals surface area contributed by atoms with Gasteiger partial charge in [-0.05, 0) is 25.3 Å². The Labute approximate surface area is 59.3 Å². The third-order valence-corrected chi connectivity index (χ3v) is 1.46. The van der Waals surface area contributed by atoms with E-state index in [4.69, 9.17) is 4.79 Å². The molecule has 0 aromatic carbocycles. The van der Waals surface area contributed by atoms with Crippen LogP contribution in [-0.2, 0) is 4.79 Å². The summed E-state index contributed by atoms with van der Waals surface area (Å²) in [4.78, 5) is 10.2. The van der Waals surface area contributed by atoms with E-state index >= 15 is 0 Å². The first-order chi connectivity index (χ1) is 4.31. The molecule has 0 aliphatic carbocycles. The van der Waals surface area contributed by atoms with Gasteiger partial charge in [-0.2, -0.15) is 0 Å². The van der Waals surface area contributed by atoms with Gasteiger partial charge in [0.05, 0.1) is 0 Å². The van der Waals surface area contributed by atoms with Gasteiger partial charge in [0.25, 0.3) is 0 Å². The first-order valence-electron chi connectivity index (χ1n) is 2.71. The molecule has 0 N–H and O–H groups in total. The average Bonchev–Trinajstić information content (AvgIpc) is 2.20. The van der Waals surface area contributed by atoms with E-state index in [-0.39, 0.29) is 0 Å². The molecule has 0 atom stereocenters. The van der Waals surface area contributed by atoms with Crippen molar-refractivity contribution in [2.75, 3.05) is 0 Å². The molecule has 0 saturated carbocycles. The molecule has 9 heavy (non-hydrogen) atoms. The van der Waals surface area contributed by atoms with E-state index in [9.17, 15) is 0 Å². The van der Waals surface area contributed by atoms with Crippen LogP contribution >= 0.6 is 11.3 Å². The number of rotatable bonds is 0. The summed E-state index contributed by atoms with van der Waals surface area (Å²) in [5, 5.41) is 2.08. The number of aryl methyl sites for hydroxylation is 1. The Hall–Kier alpha value is -0.630. The monoisotopic (exact) mass is 142 g/mol. The predicted octanol–water partition coefficient (Wildman–Crippen LogP) is 2.26. The molecule has 1 nitrogen and oxygen atoms in total. The van der Waals surface area contributed by atoms with E-state index < -0.39 is 0 Å². The molecule has 50 valence electrons. The molecular formula is C7H10OS. The number of thiophene rings is 1. The van der Waals surface area contributed by atoms with Crippen molar-refractivity contribution in [1.82, 2.24) is 0 Å². The zero-order valence-electron chi connectivity index (χ0n) is 5.63. The highest BCUT2D eigenvalue weighted by Gasteiger charge is 1.74. The number of carbonyl (C=O) groups excluding carboxylic acids is 1. The lowest BCUT2D eigenvalue weighted by atomic mass is 10.5. The third kappa shape index (κ3) is 5.24. The van der Waals surface area contributed by atoms with Crippen LogP contribution in [0.15, 0.2) is 17.5 Å². The van der Waals surface area contributed by atoms with E-state index in [0.29, 0.717) is 0 Å². The van der Waals surface area contributed by atoms with Crippen molar-refractivity contribution in [1.29, 1.82) is 0 Å². The minimum Gasteiger partial charge on any atom is -0.304 e. The quantitative estimate of drug-likeness (QED) is 0.508. The second-order valence-electron chi connectivity index (χ2n) is 1.46. The maximum Gasteiger partial charge on any atom is 0.116 e. The summed E-state index contributed by atoms with van der Waals surface area (Å²) in [6.45, 7) is 3.55. The zero-order chi connectivity index (χ0) is 7.11. The van der Waals surface area contributed by atoms with Gasteiger partial charge in [0, 0.05) is 4.88 Å². The van der Waals surface area contributed by atoms with E-state index in [1.807, 2.05) is 0 Å². The summed E-state index contributed by atoms with van der Waals surface area (Å²) in [6, 6.07) is 4.16. The van der Waals surface area contributed by atoms with Gasteiger partial charge in [0.15, 0.2) is 0 Å². The third-order valence-electron chi connectivity index (χ3n) is 0.663. The Balaban J connectivity index is 0.000000187. The maximum absolute atomic E-state index is 8.81. The van der Waals surface area contributed by atoms with Crippen LogP contribution in [0.4, 0.5) is 0 Å². The van der Waals surface area contributed by atoms with E-state index in [1.165, 1.54) is 11.8 Å². The fraction of sp³-hybridized carbons (Fsp3) is 0.286. The van der Waals surface area contributed by atoms with Crippen LogP contribution in [-0.4, -0.2) is 6.29 Å². The van der Waals surface area contributed by atoms with Crippen molar-refractivity contribution in [2.45, 2.75) is 13.8 Å². The molecular weight excluding hydrogens is 132 g/mol. The smallest absolute Gasteiger partial charge is 0.116 e. The van der Waals surface area contributed by atoms with Crippen molar-refractivity contribution in [2.24, 2.45) is 0 Å². The highest BCUT2D eigenvalue weighted by atomic mass is 32.1. The molecule has 0 aliphatic heterocycles. The topological polar surface area (TPSA) is 17.1 Å². The standard InChI is InChI=1S/C5H6S.C2H4O/c1-5-3-2-4-6-5;1-2-3/h2-4H,1H3;2H,1H3. The van der Waals surface area contributed by atoms with Crippen molar-refractivity contribution in [3.8, 4) is 0 Å². The van der Waals surface area contributed by atoms with E-state index in [0.717, 1.165) is 6.29 Å². The van der Waals surface area contributed by atoms with Crippen molar-refractivity contribution < 1.29 is 4.79 Å². The number of hydrogen-bond acceptors (Lipinski definition) is 2. The lowest BCUT2D eigenvalue weighted by Crippen LogP contribution is -1.42. The highest BCUT2D eigenvalue weighted by molar-refractivity contribution is 7.09. The molecule has 1 aromatic heterocycles. The summed E-state index contributed by atoms with van der Waals surface area (Å²) in [6.07, 6.45) is 0.750. The Morgan fingerprint density at radius 2 is 2.22 bits per heavy atom.